The summed E-state index contributed by atoms with van der Waals surface area (Å²) in [7, 11) is 0. The van der Waals surface area contributed by atoms with Gasteiger partial charge in [0.25, 0.3) is 0 Å². The second kappa shape index (κ2) is 8.96. The van der Waals surface area contributed by atoms with Crippen LogP contribution >= 0.6 is 11.8 Å². The fourth-order valence-corrected chi connectivity index (χ4v) is 3.67. The average molecular weight is 422 g/mol. The van der Waals surface area contributed by atoms with Crippen LogP contribution in [0.1, 0.15) is 11.1 Å². The molecule has 0 radical (unpaired) electrons. The highest BCUT2D eigenvalue weighted by molar-refractivity contribution is 7.99. The number of amides is 1. The molecule has 0 bridgehead atoms. The minimum atomic E-state index is -0.458. The van der Waals surface area contributed by atoms with Crippen LogP contribution in [0.25, 0.3) is 11.6 Å². The number of nitrogens with one attached hydrogen (secondary N) is 1. The molecular weight excluding hydrogens is 403 g/mol. The van der Waals surface area contributed by atoms with E-state index in [9.17, 15) is 9.18 Å². The molecule has 0 spiro atoms. The van der Waals surface area contributed by atoms with Gasteiger partial charge < -0.3 is 9.73 Å². The summed E-state index contributed by atoms with van der Waals surface area (Å²) in [4.78, 5) is 12.4. The second-order valence-electron chi connectivity index (χ2n) is 6.68. The number of hydrogen-bond acceptors (Lipinski definition) is 5. The van der Waals surface area contributed by atoms with E-state index in [0.29, 0.717) is 23.3 Å². The Morgan fingerprint density at radius 3 is 2.70 bits per heavy atom. The molecule has 0 saturated carbocycles. The van der Waals surface area contributed by atoms with Crippen LogP contribution in [0.4, 0.5) is 10.1 Å². The minimum absolute atomic E-state index is 0.0679. The summed E-state index contributed by atoms with van der Waals surface area (Å²) < 4.78 is 21.4. The Kier molecular flexibility index (Phi) is 5.94. The molecule has 4 aromatic rings. The van der Waals surface area contributed by atoms with Crippen LogP contribution in [0.3, 0.4) is 0 Å². The average Bonchev–Trinajstić information content (AvgIpc) is 3.39. The number of halogens is 1. The number of hydrogen-bond donors (Lipinski definition) is 1. The number of anilines is 1. The van der Waals surface area contributed by atoms with Crippen LogP contribution in [0.15, 0.2) is 76.5 Å². The molecule has 0 aliphatic carbocycles. The number of benzene rings is 2. The highest BCUT2D eigenvalue weighted by Crippen LogP contribution is 2.26. The Bertz CT molecular complexity index is 1140. The molecule has 0 unspecified atom stereocenters. The van der Waals surface area contributed by atoms with Crippen molar-refractivity contribution in [3.05, 3.63) is 83.9 Å². The van der Waals surface area contributed by atoms with E-state index in [4.69, 9.17) is 4.42 Å². The summed E-state index contributed by atoms with van der Waals surface area (Å²) in [6.45, 7) is 2.32. The van der Waals surface area contributed by atoms with Gasteiger partial charge in [-0.05, 0) is 42.3 Å². The summed E-state index contributed by atoms with van der Waals surface area (Å²) in [5.74, 6) is 0.461. The predicted molar refractivity (Wildman–Crippen MR) is 114 cm³/mol. The molecule has 30 heavy (non-hydrogen) atoms. The normalized spacial score (nSPS) is 10.9. The van der Waals surface area contributed by atoms with E-state index in [-0.39, 0.29) is 17.3 Å². The van der Waals surface area contributed by atoms with Gasteiger partial charge in [-0.25, -0.2) is 4.39 Å². The van der Waals surface area contributed by atoms with E-state index in [1.54, 1.807) is 31.4 Å². The van der Waals surface area contributed by atoms with Crippen LogP contribution in [0.5, 0.6) is 0 Å². The summed E-state index contributed by atoms with van der Waals surface area (Å²) in [5.41, 5.74) is 2.02. The molecule has 4 rings (SSSR count). The number of rotatable bonds is 7. The molecule has 152 valence electrons. The van der Waals surface area contributed by atoms with E-state index >= 15 is 0 Å². The van der Waals surface area contributed by atoms with E-state index in [0.717, 1.165) is 11.1 Å². The smallest absolute Gasteiger partial charge is 0.234 e. The molecule has 1 N–H and O–H groups in total. The second-order valence-corrected chi connectivity index (χ2v) is 7.62. The maximum atomic E-state index is 14.0. The molecular formula is C22H19FN4O2S. The van der Waals surface area contributed by atoms with Crippen LogP contribution in [0.2, 0.25) is 0 Å². The Hall–Kier alpha value is -3.39. The fraction of sp³-hybridized carbons (Fsp3) is 0.136. The van der Waals surface area contributed by atoms with E-state index in [1.807, 2.05) is 41.0 Å². The van der Waals surface area contributed by atoms with Crippen molar-refractivity contribution in [1.82, 2.24) is 14.8 Å². The Labute approximate surface area is 177 Å². The van der Waals surface area contributed by atoms with E-state index < -0.39 is 5.82 Å². The molecule has 2 heterocycles. The molecule has 0 saturated heterocycles. The lowest BCUT2D eigenvalue weighted by Gasteiger charge is -2.10. The Morgan fingerprint density at radius 2 is 1.97 bits per heavy atom. The number of nitrogens with zero attached hydrogens (tertiary/aromatic N) is 3. The number of aromatic nitrogens is 3. The van der Waals surface area contributed by atoms with Crippen molar-refractivity contribution in [3.63, 3.8) is 0 Å². The first kappa shape index (κ1) is 19.9. The molecule has 8 heteroatoms. The lowest BCUT2D eigenvalue weighted by atomic mass is 10.2. The third-order valence-electron chi connectivity index (χ3n) is 4.37. The van der Waals surface area contributed by atoms with Gasteiger partial charge in [-0.15, -0.1) is 10.2 Å². The van der Waals surface area contributed by atoms with Crippen molar-refractivity contribution >= 4 is 23.4 Å². The number of thioether (sulfide) groups is 1. The van der Waals surface area contributed by atoms with Crippen molar-refractivity contribution in [2.24, 2.45) is 0 Å². The molecule has 0 aliphatic heterocycles. The highest BCUT2D eigenvalue weighted by Gasteiger charge is 2.18. The summed E-state index contributed by atoms with van der Waals surface area (Å²) >= 11 is 1.23. The fourth-order valence-electron chi connectivity index (χ4n) is 2.93. The predicted octanol–water partition coefficient (Wildman–Crippen LogP) is 4.76. The first-order valence-electron chi connectivity index (χ1n) is 9.30. The first-order chi connectivity index (χ1) is 14.6. The third-order valence-corrected chi connectivity index (χ3v) is 5.34. The molecule has 1 amide bonds. The standard InChI is InChI=1S/C22H19FN4O2S/c1-15-9-10-18(17(23)12-15)24-20(28)14-30-22-26-25-21(19-8-5-11-29-19)27(22)13-16-6-3-2-4-7-16/h2-12H,13-14H2,1H3,(H,24,28). The zero-order valence-electron chi connectivity index (χ0n) is 16.2. The highest BCUT2D eigenvalue weighted by atomic mass is 32.2. The number of carbonyl (C=O) groups excluding carboxylic acids is 1. The van der Waals surface area contributed by atoms with Crippen molar-refractivity contribution in [1.29, 1.82) is 0 Å². The summed E-state index contributed by atoms with van der Waals surface area (Å²) in [6, 6.07) is 18.2. The van der Waals surface area contributed by atoms with Gasteiger partial charge in [0, 0.05) is 0 Å². The van der Waals surface area contributed by atoms with Crippen LogP contribution < -0.4 is 5.32 Å². The molecule has 0 aliphatic rings. The van der Waals surface area contributed by atoms with Crippen LogP contribution in [0, 0.1) is 12.7 Å². The molecule has 0 atom stereocenters. The van der Waals surface area contributed by atoms with Crippen molar-refractivity contribution in [2.45, 2.75) is 18.6 Å². The quantitative estimate of drug-likeness (QED) is 0.435. The maximum Gasteiger partial charge on any atom is 0.234 e. The number of aryl methyl sites for hydroxylation is 1. The molecule has 2 aromatic heterocycles. The number of carbonyl (C=O) groups is 1. The molecule has 0 fully saturated rings. The monoisotopic (exact) mass is 422 g/mol. The van der Waals surface area contributed by atoms with Crippen LogP contribution in [-0.2, 0) is 11.3 Å². The first-order valence-corrected chi connectivity index (χ1v) is 10.3. The van der Waals surface area contributed by atoms with Gasteiger partial charge >= 0.3 is 0 Å². The van der Waals surface area contributed by atoms with E-state index in [1.165, 1.54) is 17.8 Å². The van der Waals surface area contributed by atoms with Gasteiger partial charge in [-0.3, -0.25) is 9.36 Å². The van der Waals surface area contributed by atoms with Gasteiger partial charge in [0.15, 0.2) is 10.9 Å². The number of furan rings is 1. The van der Waals surface area contributed by atoms with Crippen LogP contribution in [-0.4, -0.2) is 26.4 Å². The zero-order valence-corrected chi connectivity index (χ0v) is 17.0. The van der Waals surface area contributed by atoms with Crippen molar-refractivity contribution in [3.8, 4) is 11.6 Å². The van der Waals surface area contributed by atoms with Gasteiger partial charge in [0.2, 0.25) is 11.7 Å². The van der Waals surface area contributed by atoms with Gasteiger partial charge in [0.05, 0.1) is 24.2 Å². The van der Waals surface area contributed by atoms with Gasteiger partial charge in [-0.2, -0.15) is 0 Å². The lowest BCUT2D eigenvalue weighted by Crippen LogP contribution is -2.15. The van der Waals surface area contributed by atoms with Crippen molar-refractivity contribution < 1.29 is 13.6 Å². The zero-order chi connectivity index (χ0) is 20.9. The van der Waals surface area contributed by atoms with E-state index in [2.05, 4.69) is 15.5 Å². The SMILES string of the molecule is Cc1ccc(NC(=O)CSc2nnc(-c3ccco3)n2Cc2ccccc2)c(F)c1. The third kappa shape index (κ3) is 4.60. The van der Waals surface area contributed by atoms with Gasteiger partial charge in [0.1, 0.15) is 5.82 Å². The Balaban J connectivity index is 1.51. The van der Waals surface area contributed by atoms with Crippen molar-refractivity contribution in [2.75, 3.05) is 11.1 Å². The Morgan fingerprint density at radius 1 is 1.13 bits per heavy atom. The summed E-state index contributed by atoms with van der Waals surface area (Å²) in [5, 5.41) is 11.7. The molecule has 2 aromatic carbocycles. The van der Waals surface area contributed by atoms with Gasteiger partial charge in [-0.1, -0.05) is 48.2 Å². The minimum Gasteiger partial charge on any atom is -0.461 e. The molecule has 6 nitrogen and oxygen atoms in total. The largest absolute Gasteiger partial charge is 0.461 e. The lowest BCUT2D eigenvalue weighted by molar-refractivity contribution is -0.113. The maximum absolute atomic E-state index is 14.0. The topological polar surface area (TPSA) is 73.0 Å². The summed E-state index contributed by atoms with van der Waals surface area (Å²) in [6.07, 6.45) is 1.58.